The first kappa shape index (κ1) is 34.1. The van der Waals surface area contributed by atoms with Crippen molar-refractivity contribution in [1.82, 2.24) is 0 Å². The molecule has 0 aliphatic carbocycles. The van der Waals surface area contributed by atoms with Crippen molar-refractivity contribution in [2.45, 2.75) is 108 Å². The van der Waals surface area contributed by atoms with Gasteiger partial charge in [-0.15, -0.1) is 0 Å². The van der Waals surface area contributed by atoms with Crippen LogP contribution in [0.1, 0.15) is 66.7 Å². The van der Waals surface area contributed by atoms with Crippen molar-refractivity contribution in [3.05, 3.63) is 72.8 Å². The number of ether oxygens (including phenoxy) is 4. The van der Waals surface area contributed by atoms with Gasteiger partial charge in [0.25, 0.3) is 8.32 Å². The van der Waals surface area contributed by atoms with Crippen molar-refractivity contribution in [2.24, 2.45) is 5.92 Å². The van der Waals surface area contributed by atoms with Crippen LogP contribution in [-0.2, 0) is 28.2 Å². The lowest BCUT2D eigenvalue weighted by Crippen LogP contribution is -2.68. The molecule has 2 heterocycles. The van der Waals surface area contributed by atoms with Gasteiger partial charge in [0.2, 0.25) is 0 Å². The van der Waals surface area contributed by atoms with Crippen LogP contribution in [0.25, 0.3) is 0 Å². The lowest BCUT2D eigenvalue weighted by Gasteiger charge is -2.47. The first-order valence-electron chi connectivity index (χ1n) is 15.9. The standard InChI is InChI=1S/C36H49NO6Si/c1-26-17-18-29(25-40-27(2)38)42-35(26)24-30(39-6)22-31-23-32(21-28(41-31)19-20-37)43-44(36(3,4)5,33-13-9-7-10-14-33)34-15-11-8-12-16-34/h7-18,26,28-32,35H,19,21-25H2,1-6H3/t26-,28-,29-,30-,31+,32-,35+/m0/s1. The van der Waals surface area contributed by atoms with E-state index in [1.165, 1.54) is 17.3 Å². The minimum absolute atomic E-state index is 0.0724. The molecule has 4 rings (SSSR count). The zero-order valence-electron chi connectivity index (χ0n) is 27.1. The molecule has 1 fully saturated rings. The van der Waals surface area contributed by atoms with Crippen LogP contribution >= 0.6 is 0 Å². The lowest BCUT2D eigenvalue weighted by molar-refractivity contribution is -0.147. The molecule has 44 heavy (non-hydrogen) atoms. The highest BCUT2D eigenvalue weighted by atomic mass is 28.4. The third-order valence-electron chi connectivity index (χ3n) is 8.89. The first-order chi connectivity index (χ1) is 21.1. The van der Waals surface area contributed by atoms with Gasteiger partial charge < -0.3 is 23.4 Å². The van der Waals surface area contributed by atoms with E-state index >= 15 is 0 Å². The average Bonchev–Trinajstić information content (AvgIpc) is 3.00. The van der Waals surface area contributed by atoms with Gasteiger partial charge in [-0.3, -0.25) is 4.79 Å². The van der Waals surface area contributed by atoms with E-state index in [2.05, 4.69) is 101 Å². The summed E-state index contributed by atoms with van der Waals surface area (Å²) < 4.78 is 31.5. The van der Waals surface area contributed by atoms with E-state index < -0.39 is 8.32 Å². The molecule has 238 valence electrons. The fourth-order valence-electron chi connectivity index (χ4n) is 6.71. The van der Waals surface area contributed by atoms with Gasteiger partial charge in [-0.1, -0.05) is 101 Å². The maximum absolute atomic E-state index is 11.3. The summed E-state index contributed by atoms with van der Waals surface area (Å²) in [5.41, 5.74) is 0. The number of methoxy groups -OCH3 is 1. The van der Waals surface area contributed by atoms with Crippen LogP contribution in [0.3, 0.4) is 0 Å². The van der Waals surface area contributed by atoms with Crippen molar-refractivity contribution in [2.75, 3.05) is 13.7 Å². The number of nitrogens with zero attached hydrogens (tertiary/aromatic N) is 1. The highest BCUT2D eigenvalue weighted by molar-refractivity contribution is 6.99. The Morgan fingerprint density at radius 2 is 1.59 bits per heavy atom. The van der Waals surface area contributed by atoms with E-state index in [1.807, 2.05) is 6.08 Å². The van der Waals surface area contributed by atoms with Gasteiger partial charge in [0.05, 0.1) is 43.0 Å². The summed E-state index contributed by atoms with van der Waals surface area (Å²) in [5.74, 6) is -0.116. The summed E-state index contributed by atoms with van der Waals surface area (Å²) in [6.07, 6.45) is 6.31. The Morgan fingerprint density at radius 3 is 2.14 bits per heavy atom. The lowest BCUT2D eigenvalue weighted by atomic mass is 9.91. The monoisotopic (exact) mass is 619 g/mol. The Bertz CT molecular complexity index is 1220. The van der Waals surface area contributed by atoms with E-state index in [4.69, 9.17) is 23.4 Å². The van der Waals surface area contributed by atoms with Gasteiger partial charge in [0, 0.05) is 26.4 Å². The molecule has 2 aliphatic heterocycles. The fraction of sp³-hybridized carbons (Fsp3) is 0.556. The smallest absolute Gasteiger partial charge is 0.302 e. The van der Waals surface area contributed by atoms with Crippen LogP contribution in [-0.4, -0.2) is 64.6 Å². The van der Waals surface area contributed by atoms with Crippen molar-refractivity contribution in [3.63, 3.8) is 0 Å². The van der Waals surface area contributed by atoms with Gasteiger partial charge in [-0.05, 0) is 34.7 Å². The Kier molecular flexibility index (Phi) is 12.0. The van der Waals surface area contributed by atoms with Gasteiger partial charge in [-0.2, -0.15) is 5.26 Å². The zero-order chi connectivity index (χ0) is 31.7. The van der Waals surface area contributed by atoms with Crippen LogP contribution in [0.15, 0.2) is 72.8 Å². The van der Waals surface area contributed by atoms with Gasteiger partial charge in [-0.25, -0.2) is 0 Å². The van der Waals surface area contributed by atoms with Crippen LogP contribution in [0, 0.1) is 17.2 Å². The Hall–Kier alpha value is -2.80. The van der Waals surface area contributed by atoms with Crippen LogP contribution < -0.4 is 10.4 Å². The van der Waals surface area contributed by atoms with Crippen LogP contribution in [0.2, 0.25) is 5.04 Å². The third kappa shape index (κ3) is 8.46. The fourth-order valence-corrected chi connectivity index (χ4v) is 11.4. The average molecular weight is 620 g/mol. The van der Waals surface area contributed by atoms with Crippen molar-refractivity contribution >= 4 is 24.7 Å². The van der Waals surface area contributed by atoms with Crippen molar-refractivity contribution < 1.29 is 28.2 Å². The molecule has 0 radical (unpaired) electrons. The number of carbonyl (C=O) groups excluding carboxylic acids is 1. The molecule has 0 aromatic heterocycles. The molecule has 7 atom stereocenters. The number of hydrogen-bond acceptors (Lipinski definition) is 7. The second kappa shape index (κ2) is 15.5. The molecule has 0 amide bonds. The summed E-state index contributed by atoms with van der Waals surface area (Å²) in [6, 6.07) is 23.7. The maximum atomic E-state index is 11.3. The summed E-state index contributed by atoms with van der Waals surface area (Å²) in [6.45, 7) is 10.6. The van der Waals surface area contributed by atoms with Crippen LogP contribution in [0.4, 0.5) is 0 Å². The molecule has 0 N–H and O–H groups in total. The highest BCUT2D eigenvalue weighted by Gasteiger charge is 2.52. The molecule has 0 spiro atoms. The topological polar surface area (TPSA) is 87.0 Å². The molecular weight excluding hydrogens is 570 g/mol. The number of rotatable bonds is 12. The summed E-state index contributed by atoms with van der Waals surface area (Å²) in [5, 5.41) is 12.0. The van der Waals surface area contributed by atoms with Gasteiger partial charge in [0.15, 0.2) is 0 Å². The zero-order valence-corrected chi connectivity index (χ0v) is 28.1. The second-order valence-corrected chi connectivity index (χ2v) is 17.5. The molecule has 2 aromatic rings. The molecular formula is C36H49NO6Si. The number of hydrogen-bond donors (Lipinski definition) is 0. The molecule has 8 heteroatoms. The SMILES string of the molecule is CO[C@@H](C[C@@H]1C[C@@H](O[Si](c2ccccc2)(c2ccccc2)C(C)(C)C)C[C@H](CC#N)O1)C[C@H]1O[C@H](COC(C)=O)C=C[C@@H]1C. The molecule has 2 aliphatic rings. The normalized spacial score (nSPS) is 26.5. The number of nitriles is 1. The second-order valence-electron chi connectivity index (χ2n) is 13.2. The van der Waals surface area contributed by atoms with Gasteiger partial charge in [0.1, 0.15) is 12.7 Å². The van der Waals surface area contributed by atoms with E-state index in [0.29, 0.717) is 25.7 Å². The Balaban J connectivity index is 1.55. The minimum atomic E-state index is -2.77. The number of carbonyl (C=O) groups is 1. The third-order valence-corrected chi connectivity index (χ3v) is 14.0. The van der Waals surface area contributed by atoms with E-state index in [0.717, 1.165) is 6.42 Å². The maximum Gasteiger partial charge on any atom is 0.302 e. The largest absolute Gasteiger partial charge is 0.463 e. The van der Waals surface area contributed by atoms with Gasteiger partial charge >= 0.3 is 5.97 Å². The quantitative estimate of drug-likeness (QED) is 0.171. The predicted molar refractivity (Wildman–Crippen MR) is 174 cm³/mol. The molecule has 0 bridgehead atoms. The summed E-state index contributed by atoms with van der Waals surface area (Å²) in [7, 11) is -1.04. The highest BCUT2D eigenvalue weighted by Crippen LogP contribution is 2.40. The Labute approximate surface area is 264 Å². The van der Waals surface area contributed by atoms with E-state index in [1.54, 1.807) is 7.11 Å². The van der Waals surface area contributed by atoms with Crippen molar-refractivity contribution in [3.8, 4) is 6.07 Å². The summed E-state index contributed by atoms with van der Waals surface area (Å²) >= 11 is 0. The van der Waals surface area contributed by atoms with E-state index in [9.17, 15) is 10.1 Å². The minimum Gasteiger partial charge on any atom is -0.463 e. The first-order valence-corrected chi connectivity index (χ1v) is 17.8. The number of benzene rings is 2. The van der Waals surface area contributed by atoms with E-state index in [-0.39, 0.29) is 60.2 Å². The molecule has 1 saturated heterocycles. The molecule has 0 unspecified atom stereocenters. The molecule has 7 nitrogen and oxygen atoms in total. The molecule has 2 aromatic carbocycles. The van der Waals surface area contributed by atoms with Crippen molar-refractivity contribution in [1.29, 1.82) is 5.26 Å². The summed E-state index contributed by atoms with van der Waals surface area (Å²) in [4.78, 5) is 11.3. The number of esters is 1. The molecule has 0 saturated carbocycles. The van der Waals surface area contributed by atoms with Crippen LogP contribution in [0.5, 0.6) is 0 Å². The predicted octanol–water partition coefficient (Wildman–Crippen LogP) is 5.71. The Morgan fingerprint density at radius 1 is 0.977 bits per heavy atom.